The number of hydrogen-bond donors (Lipinski definition) is 1. The van der Waals surface area contributed by atoms with E-state index in [0.717, 1.165) is 10.9 Å². The number of rotatable bonds is 7. The van der Waals surface area contributed by atoms with Crippen LogP contribution >= 0.6 is 0 Å². The minimum atomic E-state index is -1.03. The fourth-order valence-corrected chi connectivity index (χ4v) is 3.54. The number of fused-ring (bicyclic) bond motifs is 1. The lowest BCUT2D eigenvalue weighted by molar-refractivity contribution is -0.117. The van der Waals surface area contributed by atoms with Crippen LogP contribution in [0.2, 0.25) is 0 Å². The van der Waals surface area contributed by atoms with E-state index in [4.69, 9.17) is 4.74 Å². The van der Waals surface area contributed by atoms with Gasteiger partial charge in [-0.1, -0.05) is 30.3 Å². The quantitative estimate of drug-likeness (QED) is 0.673. The monoisotopic (exact) mass is 380 g/mol. The maximum atomic E-state index is 13.1. The van der Waals surface area contributed by atoms with Crippen LogP contribution in [0, 0.1) is 0 Å². The smallest absolute Gasteiger partial charge is 0.352 e. The van der Waals surface area contributed by atoms with Crippen molar-refractivity contribution in [1.82, 2.24) is 4.57 Å². The maximum Gasteiger partial charge on any atom is 0.352 e. The molecule has 6 nitrogen and oxygen atoms in total. The van der Waals surface area contributed by atoms with Gasteiger partial charge >= 0.3 is 5.97 Å². The molecule has 0 fully saturated rings. The number of hydrogen-bond acceptors (Lipinski definition) is 3. The first-order valence-corrected chi connectivity index (χ1v) is 9.31. The van der Waals surface area contributed by atoms with Gasteiger partial charge in [-0.25, -0.2) is 4.79 Å². The Bertz CT molecular complexity index is 1020. The summed E-state index contributed by atoms with van der Waals surface area (Å²) >= 11 is 0. The van der Waals surface area contributed by atoms with Crippen LogP contribution in [-0.2, 0) is 17.8 Å². The van der Waals surface area contributed by atoms with E-state index < -0.39 is 5.97 Å². The van der Waals surface area contributed by atoms with Crippen molar-refractivity contribution >= 4 is 28.5 Å². The molecular formula is C22H24N2O4. The lowest BCUT2D eigenvalue weighted by Gasteiger charge is -2.20. The van der Waals surface area contributed by atoms with E-state index in [1.54, 1.807) is 11.6 Å². The van der Waals surface area contributed by atoms with Crippen molar-refractivity contribution < 1.29 is 19.4 Å². The Morgan fingerprint density at radius 3 is 2.43 bits per heavy atom. The van der Waals surface area contributed by atoms with E-state index in [9.17, 15) is 14.7 Å². The number of carboxylic acid groups (broad SMARTS) is 1. The highest BCUT2D eigenvalue weighted by Crippen LogP contribution is 2.30. The third kappa shape index (κ3) is 3.45. The Labute approximate surface area is 163 Å². The molecule has 6 heteroatoms. The summed E-state index contributed by atoms with van der Waals surface area (Å²) in [5.41, 5.74) is 2.19. The number of ether oxygens (including phenoxy) is 1. The van der Waals surface area contributed by atoms with Crippen LogP contribution in [-0.4, -0.2) is 35.2 Å². The topological polar surface area (TPSA) is 71.8 Å². The Morgan fingerprint density at radius 2 is 1.75 bits per heavy atom. The van der Waals surface area contributed by atoms with Gasteiger partial charge in [-0.15, -0.1) is 0 Å². The van der Waals surface area contributed by atoms with Crippen LogP contribution in [0.25, 0.3) is 10.9 Å². The number of aryl methyl sites for hydroxylation is 1. The van der Waals surface area contributed by atoms with Crippen LogP contribution in [0.15, 0.2) is 48.5 Å². The zero-order chi connectivity index (χ0) is 20.3. The standard InChI is InChI=1S/C22H24N2O4/c1-4-24-17-11-7-6-10-15(17)16(21(24)22(26)27)14-20(25)23(3)18-12-8-9-13-19(18)28-5-2/h6-13H,4-5,14H2,1-3H3,(H,26,27). The lowest BCUT2D eigenvalue weighted by atomic mass is 10.1. The Morgan fingerprint density at radius 1 is 1.07 bits per heavy atom. The molecule has 146 valence electrons. The molecule has 0 aliphatic heterocycles. The second kappa shape index (κ2) is 8.17. The molecule has 0 spiro atoms. The van der Waals surface area contributed by atoms with E-state index in [1.165, 1.54) is 4.90 Å². The number of likely N-dealkylation sites (N-methyl/N-ethyl adjacent to an activating group) is 1. The van der Waals surface area contributed by atoms with Gasteiger partial charge in [-0.2, -0.15) is 0 Å². The average molecular weight is 380 g/mol. The number of nitrogens with zero attached hydrogens (tertiary/aromatic N) is 2. The maximum absolute atomic E-state index is 13.1. The fourth-order valence-electron chi connectivity index (χ4n) is 3.54. The summed E-state index contributed by atoms with van der Waals surface area (Å²) in [5, 5.41) is 10.6. The number of aromatic nitrogens is 1. The zero-order valence-corrected chi connectivity index (χ0v) is 16.3. The second-order valence-electron chi connectivity index (χ2n) is 6.42. The summed E-state index contributed by atoms with van der Waals surface area (Å²) in [6.45, 7) is 4.79. The third-order valence-corrected chi connectivity index (χ3v) is 4.82. The minimum absolute atomic E-state index is 0.00783. The molecule has 0 aliphatic carbocycles. The molecule has 2 aromatic carbocycles. The predicted octanol–water partition coefficient (Wildman–Crippen LogP) is 3.96. The predicted molar refractivity (Wildman–Crippen MR) is 109 cm³/mol. The van der Waals surface area contributed by atoms with Gasteiger partial charge in [0.25, 0.3) is 0 Å². The first kappa shape index (κ1) is 19.5. The fraction of sp³-hybridized carbons (Fsp3) is 0.273. The van der Waals surface area contributed by atoms with Crippen molar-refractivity contribution in [3.63, 3.8) is 0 Å². The van der Waals surface area contributed by atoms with Gasteiger partial charge in [0, 0.05) is 30.1 Å². The van der Waals surface area contributed by atoms with E-state index in [2.05, 4.69) is 0 Å². The number of amides is 1. The van der Waals surface area contributed by atoms with Crippen molar-refractivity contribution in [3.05, 3.63) is 59.8 Å². The van der Waals surface area contributed by atoms with Gasteiger partial charge < -0.3 is 19.3 Å². The van der Waals surface area contributed by atoms with Crippen LogP contribution in [0.3, 0.4) is 0 Å². The molecule has 0 aliphatic rings. The van der Waals surface area contributed by atoms with Gasteiger partial charge in [0.1, 0.15) is 11.4 Å². The van der Waals surface area contributed by atoms with Crippen molar-refractivity contribution in [3.8, 4) is 5.75 Å². The van der Waals surface area contributed by atoms with E-state index in [1.807, 2.05) is 62.4 Å². The number of carboxylic acids is 1. The summed E-state index contributed by atoms with van der Waals surface area (Å²) in [6, 6.07) is 14.8. The molecule has 0 unspecified atom stereocenters. The van der Waals surface area contributed by atoms with Gasteiger partial charge in [0.2, 0.25) is 5.91 Å². The van der Waals surface area contributed by atoms with Gasteiger partial charge in [-0.3, -0.25) is 4.79 Å². The van der Waals surface area contributed by atoms with Gasteiger partial charge in [-0.05, 0) is 32.0 Å². The average Bonchev–Trinajstić information content (AvgIpc) is 3.02. The summed E-state index contributed by atoms with van der Waals surface area (Å²) in [7, 11) is 1.68. The largest absolute Gasteiger partial charge is 0.492 e. The van der Waals surface area contributed by atoms with E-state index >= 15 is 0 Å². The van der Waals surface area contributed by atoms with Crippen molar-refractivity contribution in [1.29, 1.82) is 0 Å². The SMILES string of the molecule is CCOc1ccccc1N(C)C(=O)Cc1c(C(=O)O)n(CC)c2ccccc12. The summed E-state index contributed by atoms with van der Waals surface area (Å²) in [6.07, 6.45) is -0.00783. The Hall–Kier alpha value is -3.28. The molecule has 3 rings (SSSR count). The molecule has 1 aromatic heterocycles. The molecule has 1 amide bonds. The zero-order valence-electron chi connectivity index (χ0n) is 16.3. The second-order valence-corrected chi connectivity index (χ2v) is 6.42. The highest BCUT2D eigenvalue weighted by atomic mass is 16.5. The third-order valence-electron chi connectivity index (χ3n) is 4.82. The molecule has 0 saturated heterocycles. The molecule has 3 aromatic rings. The first-order valence-electron chi connectivity index (χ1n) is 9.31. The molecule has 0 bridgehead atoms. The highest BCUT2D eigenvalue weighted by Gasteiger charge is 2.25. The van der Waals surface area contributed by atoms with Crippen LogP contribution in [0.1, 0.15) is 29.9 Å². The van der Waals surface area contributed by atoms with E-state index in [-0.39, 0.29) is 18.0 Å². The van der Waals surface area contributed by atoms with Crippen molar-refractivity contribution in [2.24, 2.45) is 0 Å². The first-order chi connectivity index (χ1) is 13.5. The normalized spacial score (nSPS) is 10.8. The summed E-state index contributed by atoms with van der Waals surface area (Å²) in [4.78, 5) is 26.5. The minimum Gasteiger partial charge on any atom is -0.492 e. The molecule has 0 saturated carbocycles. The number of carbonyl (C=O) groups is 2. The summed E-state index contributed by atoms with van der Waals surface area (Å²) in [5.74, 6) is -0.609. The number of benzene rings is 2. The molecule has 0 radical (unpaired) electrons. The Balaban J connectivity index is 2.02. The number of carbonyl (C=O) groups excluding carboxylic acids is 1. The Kier molecular flexibility index (Phi) is 5.68. The molecular weight excluding hydrogens is 356 g/mol. The van der Waals surface area contributed by atoms with Crippen LogP contribution in [0.5, 0.6) is 5.75 Å². The molecule has 28 heavy (non-hydrogen) atoms. The number of anilines is 1. The number of para-hydroxylation sites is 3. The van der Waals surface area contributed by atoms with Gasteiger partial charge in [0.05, 0.1) is 18.7 Å². The highest BCUT2D eigenvalue weighted by molar-refractivity contribution is 6.03. The molecule has 1 heterocycles. The summed E-state index contributed by atoms with van der Waals surface area (Å²) < 4.78 is 7.36. The molecule has 1 N–H and O–H groups in total. The van der Waals surface area contributed by atoms with Crippen LogP contribution < -0.4 is 9.64 Å². The van der Waals surface area contributed by atoms with Crippen molar-refractivity contribution in [2.45, 2.75) is 26.8 Å². The van der Waals surface area contributed by atoms with Crippen molar-refractivity contribution in [2.75, 3.05) is 18.6 Å². The molecule has 0 atom stereocenters. The van der Waals surface area contributed by atoms with E-state index in [0.29, 0.717) is 30.2 Å². The van der Waals surface area contributed by atoms with Crippen LogP contribution in [0.4, 0.5) is 5.69 Å². The van der Waals surface area contributed by atoms with Gasteiger partial charge in [0.15, 0.2) is 0 Å². The number of aromatic carboxylic acids is 1. The lowest BCUT2D eigenvalue weighted by Crippen LogP contribution is -2.29.